The van der Waals surface area contributed by atoms with Crippen molar-refractivity contribution in [3.05, 3.63) is 36.4 Å². The highest BCUT2D eigenvalue weighted by Crippen LogP contribution is 2.47. The van der Waals surface area contributed by atoms with Crippen LogP contribution in [-0.2, 0) is 0 Å². The van der Waals surface area contributed by atoms with E-state index in [-0.39, 0.29) is 18.0 Å². The number of aliphatic hydroxyl groups excluding tert-OH is 1. The van der Waals surface area contributed by atoms with E-state index in [1.165, 1.54) is 12.1 Å². The lowest BCUT2D eigenvalue weighted by Gasteiger charge is -2.23. The van der Waals surface area contributed by atoms with Crippen LogP contribution in [0.15, 0.2) is 35.5 Å². The van der Waals surface area contributed by atoms with Crippen molar-refractivity contribution in [1.29, 1.82) is 0 Å². The van der Waals surface area contributed by atoms with Gasteiger partial charge in [-0.3, -0.25) is 0 Å². The number of benzene rings is 1. The summed E-state index contributed by atoms with van der Waals surface area (Å²) in [5, 5.41) is 9.11. The van der Waals surface area contributed by atoms with Crippen LogP contribution in [0, 0.1) is 5.82 Å². The number of thioether (sulfide) groups is 1. The predicted molar refractivity (Wildman–Crippen MR) is 56.6 cm³/mol. The molecule has 15 heavy (non-hydrogen) atoms. The zero-order chi connectivity index (χ0) is 10.4. The number of hydrogen-bond acceptors (Lipinski definition) is 4. The van der Waals surface area contributed by atoms with Gasteiger partial charge < -0.3 is 14.9 Å². The van der Waals surface area contributed by atoms with Gasteiger partial charge in [-0.1, -0.05) is 11.8 Å². The number of rotatable bonds is 1. The van der Waals surface area contributed by atoms with Gasteiger partial charge in [-0.05, 0) is 18.2 Å². The fourth-order valence-corrected chi connectivity index (χ4v) is 3.04. The SMILES string of the molecule is OCN1C=CN2c3cc(F)ccc3SC12. The first-order chi connectivity index (χ1) is 7.29. The molecule has 1 atom stereocenters. The van der Waals surface area contributed by atoms with E-state index in [4.69, 9.17) is 5.11 Å². The minimum atomic E-state index is -0.231. The van der Waals surface area contributed by atoms with Crippen LogP contribution in [0.3, 0.4) is 0 Å². The molecule has 2 aliphatic heterocycles. The van der Waals surface area contributed by atoms with Gasteiger partial charge in [0, 0.05) is 17.3 Å². The Kier molecular flexibility index (Phi) is 1.90. The minimum Gasteiger partial charge on any atom is -0.376 e. The van der Waals surface area contributed by atoms with Crippen LogP contribution < -0.4 is 4.90 Å². The van der Waals surface area contributed by atoms with E-state index in [9.17, 15) is 4.39 Å². The van der Waals surface area contributed by atoms with Crippen molar-refractivity contribution >= 4 is 17.4 Å². The zero-order valence-corrected chi connectivity index (χ0v) is 8.62. The van der Waals surface area contributed by atoms with Gasteiger partial charge in [0.25, 0.3) is 0 Å². The molecule has 0 radical (unpaired) electrons. The number of nitrogens with zero attached hydrogens (tertiary/aromatic N) is 2. The monoisotopic (exact) mass is 224 g/mol. The van der Waals surface area contributed by atoms with Gasteiger partial charge in [0.1, 0.15) is 12.5 Å². The van der Waals surface area contributed by atoms with Crippen LogP contribution >= 0.6 is 11.8 Å². The Morgan fingerprint density at radius 1 is 1.40 bits per heavy atom. The Morgan fingerprint density at radius 2 is 2.27 bits per heavy atom. The van der Waals surface area contributed by atoms with E-state index in [1.807, 2.05) is 17.3 Å². The standard InChI is InChI=1S/C10H9FN2OS/c11-7-1-2-9-8(5-7)13-4-3-12(6-14)10(13)15-9/h1-5,10,14H,6H2. The molecular weight excluding hydrogens is 215 g/mol. The lowest BCUT2D eigenvalue weighted by atomic mass is 10.3. The van der Waals surface area contributed by atoms with Crippen molar-refractivity contribution < 1.29 is 9.50 Å². The van der Waals surface area contributed by atoms with Gasteiger partial charge >= 0.3 is 0 Å². The van der Waals surface area contributed by atoms with Gasteiger partial charge in [-0.25, -0.2) is 4.39 Å². The molecular formula is C10H9FN2OS. The highest BCUT2D eigenvalue weighted by Gasteiger charge is 2.35. The second-order valence-electron chi connectivity index (χ2n) is 3.42. The molecule has 1 aromatic rings. The van der Waals surface area contributed by atoms with E-state index in [1.54, 1.807) is 22.7 Å². The molecule has 0 amide bonds. The normalized spacial score (nSPS) is 22.1. The summed E-state index contributed by atoms with van der Waals surface area (Å²) in [6.07, 6.45) is 3.67. The van der Waals surface area contributed by atoms with Crippen molar-refractivity contribution in [3.63, 3.8) is 0 Å². The lowest BCUT2D eigenvalue weighted by molar-refractivity contribution is 0.152. The van der Waals surface area contributed by atoms with Gasteiger partial charge in [0.15, 0.2) is 5.50 Å². The molecule has 3 rings (SSSR count). The molecule has 0 saturated heterocycles. The third-order valence-corrected chi connectivity index (χ3v) is 3.84. The van der Waals surface area contributed by atoms with Crippen molar-refractivity contribution in [1.82, 2.24) is 4.90 Å². The largest absolute Gasteiger partial charge is 0.376 e. The number of halogens is 1. The predicted octanol–water partition coefficient (Wildman–Crippen LogP) is 1.76. The molecule has 0 spiro atoms. The number of anilines is 1. The topological polar surface area (TPSA) is 26.7 Å². The molecule has 0 aliphatic carbocycles. The first-order valence-corrected chi connectivity index (χ1v) is 5.47. The molecule has 0 saturated carbocycles. The summed E-state index contributed by atoms with van der Waals surface area (Å²) < 4.78 is 13.1. The van der Waals surface area contributed by atoms with Gasteiger partial charge in [-0.2, -0.15) is 0 Å². The van der Waals surface area contributed by atoms with E-state index < -0.39 is 0 Å². The summed E-state index contributed by atoms with van der Waals surface area (Å²) in [6, 6.07) is 4.76. The summed E-state index contributed by atoms with van der Waals surface area (Å²) in [5.74, 6) is -0.231. The summed E-state index contributed by atoms with van der Waals surface area (Å²) >= 11 is 1.61. The second-order valence-corrected chi connectivity index (χ2v) is 4.51. The quantitative estimate of drug-likeness (QED) is 0.786. The van der Waals surface area contributed by atoms with Crippen molar-refractivity contribution in [2.24, 2.45) is 0 Å². The van der Waals surface area contributed by atoms with Crippen LogP contribution in [0.1, 0.15) is 0 Å². The van der Waals surface area contributed by atoms with Crippen LogP contribution in [0.4, 0.5) is 10.1 Å². The fraction of sp³-hybridized carbons (Fsp3) is 0.200. The lowest BCUT2D eigenvalue weighted by Crippen LogP contribution is -2.33. The Hall–Kier alpha value is -1.20. The van der Waals surface area contributed by atoms with Gasteiger partial charge in [0.05, 0.1) is 5.69 Å². The second kappa shape index (κ2) is 3.15. The third-order valence-electron chi connectivity index (χ3n) is 2.54. The maximum absolute atomic E-state index is 13.1. The number of hydrogen-bond donors (Lipinski definition) is 1. The first kappa shape index (κ1) is 9.06. The molecule has 0 bridgehead atoms. The fourth-order valence-electron chi connectivity index (χ4n) is 1.81. The van der Waals surface area contributed by atoms with Crippen molar-refractivity contribution in [3.8, 4) is 0 Å². The molecule has 5 heteroatoms. The summed E-state index contributed by atoms with van der Waals surface area (Å²) in [4.78, 5) is 4.80. The third kappa shape index (κ3) is 1.23. The molecule has 0 fully saturated rings. The highest BCUT2D eigenvalue weighted by molar-refractivity contribution is 8.00. The molecule has 0 aromatic heterocycles. The number of aliphatic hydroxyl groups is 1. The zero-order valence-electron chi connectivity index (χ0n) is 7.80. The van der Waals surface area contributed by atoms with Crippen molar-refractivity contribution in [2.75, 3.05) is 11.6 Å². The smallest absolute Gasteiger partial charge is 0.160 e. The molecule has 1 unspecified atom stereocenters. The van der Waals surface area contributed by atoms with Gasteiger partial charge in [0.2, 0.25) is 0 Å². The Labute approximate surface area is 90.8 Å². The van der Waals surface area contributed by atoms with E-state index in [0.29, 0.717) is 0 Å². The number of fused-ring (bicyclic) bond motifs is 3. The summed E-state index contributed by atoms with van der Waals surface area (Å²) in [6.45, 7) is -0.0266. The van der Waals surface area contributed by atoms with Crippen LogP contribution in [0.5, 0.6) is 0 Å². The average Bonchev–Trinajstić information content (AvgIpc) is 2.76. The van der Waals surface area contributed by atoms with E-state index >= 15 is 0 Å². The highest BCUT2D eigenvalue weighted by atomic mass is 32.2. The molecule has 1 aromatic carbocycles. The molecule has 2 aliphatic rings. The average molecular weight is 224 g/mol. The van der Waals surface area contributed by atoms with E-state index in [0.717, 1.165) is 10.6 Å². The van der Waals surface area contributed by atoms with Gasteiger partial charge in [-0.15, -0.1) is 0 Å². The summed E-state index contributed by atoms with van der Waals surface area (Å²) in [5.41, 5.74) is 0.906. The maximum Gasteiger partial charge on any atom is 0.160 e. The van der Waals surface area contributed by atoms with E-state index in [2.05, 4.69) is 0 Å². The van der Waals surface area contributed by atoms with Crippen LogP contribution in [-0.4, -0.2) is 22.2 Å². The first-order valence-electron chi connectivity index (χ1n) is 4.59. The molecule has 3 nitrogen and oxygen atoms in total. The minimum absolute atomic E-state index is 0.0266. The Morgan fingerprint density at radius 3 is 3.07 bits per heavy atom. The summed E-state index contributed by atoms with van der Waals surface area (Å²) in [7, 11) is 0. The van der Waals surface area contributed by atoms with Crippen LogP contribution in [0.25, 0.3) is 0 Å². The molecule has 2 heterocycles. The molecule has 1 N–H and O–H groups in total. The molecule has 78 valence electrons. The Balaban J connectivity index is 2.02. The Bertz CT molecular complexity index is 437. The maximum atomic E-state index is 13.1. The van der Waals surface area contributed by atoms with Crippen LogP contribution in [0.2, 0.25) is 0 Å². The van der Waals surface area contributed by atoms with Crippen molar-refractivity contribution in [2.45, 2.75) is 10.4 Å².